The van der Waals surface area contributed by atoms with Crippen LogP contribution in [0.3, 0.4) is 0 Å². The first kappa shape index (κ1) is 40.3. The Kier molecular flexibility index (Phi) is 10.6. The van der Waals surface area contributed by atoms with Gasteiger partial charge in [-0.2, -0.15) is 0 Å². The largest absolute Gasteiger partial charge is 0.462 e. The third kappa shape index (κ3) is 6.47. The maximum atomic E-state index is 14.0. The van der Waals surface area contributed by atoms with E-state index in [-0.39, 0.29) is 25.0 Å². The highest BCUT2D eigenvalue weighted by molar-refractivity contribution is 5.85. The van der Waals surface area contributed by atoms with Crippen molar-refractivity contribution >= 4 is 11.9 Å². The fourth-order valence-corrected chi connectivity index (χ4v) is 15.2. The number of esters is 2. The van der Waals surface area contributed by atoms with Crippen LogP contribution in [0.25, 0.3) is 0 Å². The Morgan fingerprint density at radius 1 is 0.911 bits per heavy atom. The van der Waals surface area contributed by atoms with Crippen molar-refractivity contribution < 1.29 is 34.4 Å². The van der Waals surface area contributed by atoms with Crippen LogP contribution in [0.4, 0.5) is 0 Å². The lowest BCUT2D eigenvalue weighted by Gasteiger charge is -2.76. The van der Waals surface area contributed by atoms with Crippen molar-refractivity contribution in [2.75, 3.05) is 6.61 Å². The number of carbonyl (C=O) groups excluding carboxylic acids is 2. The molecule has 5 saturated carbocycles. The van der Waals surface area contributed by atoms with E-state index in [1.807, 2.05) is 25.1 Å². The van der Waals surface area contributed by atoms with E-state index in [0.717, 1.165) is 50.5 Å². The number of carbonyl (C=O) groups is 2. The van der Waals surface area contributed by atoms with E-state index in [1.54, 1.807) is 6.08 Å². The van der Waals surface area contributed by atoms with Gasteiger partial charge in [-0.25, -0.2) is 4.79 Å². The number of benzene rings is 1. The number of aliphatic hydroxyl groups is 3. The molecule has 7 nitrogen and oxygen atoms in total. The standard InChI is InChI=1S/C49H70O7/c1-34(11-10-14-36-12-6-5-7-13-36)15-23-47(53)28-25-43(3)31-39(56-35(2)50)42-44(4,38-17-22-46(30-38)27-26-45(33-46)19-8-9-20-45)21-18-40(51)49(42,47)48(43,54)24-16-37-29-41(52)55-32-37/h5-7,12-13,25,28-29,34,38-40,42,51,53-54H,8-11,14-24,26-27,30-33H2,1-4H3/t34-,38+,39-,40-,42+,43+,44+,46-,47+,48-,49+/m1/s1. The summed E-state index contributed by atoms with van der Waals surface area (Å²) in [5, 5.41) is 40.6. The van der Waals surface area contributed by atoms with Gasteiger partial charge in [0, 0.05) is 24.3 Å². The molecule has 0 saturated heterocycles. The van der Waals surface area contributed by atoms with Crippen LogP contribution in [0, 0.1) is 44.8 Å². The van der Waals surface area contributed by atoms with Gasteiger partial charge in [0.1, 0.15) is 12.7 Å². The summed E-state index contributed by atoms with van der Waals surface area (Å²) in [5.41, 5.74) is -2.84. The topological polar surface area (TPSA) is 113 Å². The van der Waals surface area contributed by atoms with Crippen LogP contribution < -0.4 is 0 Å². The van der Waals surface area contributed by atoms with Gasteiger partial charge < -0.3 is 24.8 Å². The van der Waals surface area contributed by atoms with Crippen LogP contribution in [0.1, 0.15) is 155 Å². The first-order valence-electron chi connectivity index (χ1n) is 22.5. The van der Waals surface area contributed by atoms with E-state index in [4.69, 9.17) is 9.47 Å². The highest BCUT2D eigenvalue weighted by Crippen LogP contribution is 2.77. The van der Waals surface area contributed by atoms with Crippen LogP contribution in [0.5, 0.6) is 0 Å². The second-order valence-electron chi connectivity index (χ2n) is 21.0. The van der Waals surface area contributed by atoms with Crippen LogP contribution in [0.15, 0.2) is 54.1 Å². The molecule has 1 heterocycles. The van der Waals surface area contributed by atoms with Crippen molar-refractivity contribution in [2.45, 2.75) is 180 Å². The van der Waals surface area contributed by atoms with Gasteiger partial charge in [-0.3, -0.25) is 4.79 Å². The second-order valence-corrected chi connectivity index (χ2v) is 21.0. The van der Waals surface area contributed by atoms with Gasteiger partial charge in [0.15, 0.2) is 0 Å². The van der Waals surface area contributed by atoms with Gasteiger partial charge in [0.05, 0.1) is 22.7 Å². The molecule has 11 atom stereocenters. The molecule has 0 aromatic heterocycles. The monoisotopic (exact) mass is 771 g/mol. The lowest BCUT2D eigenvalue weighted by Crippen LogP contribution is -2.83. The van der Waals surface area contributed by atoms with Gasteiger partial charge in [0.25, 0.3) is 0 Å². The number of aliphatic hydroxyl groups excluding tert-OH is 1. The Balaban J connectivity index is 1.18. The SMILES string of the molecule is CC(=O)O[C@@H]1C[C@]2(C)C=C[C@@](O)(CC[C@H](C)CCCc3ccccc3)[C@@]3([C@H](O)CC[C@@](C)([C@H]4CC[C@@]5(CCC6(CCCC6)C5)C4)[C@H]13)[C@@]2(O)CCC1=CC(=O)OC1. The van der Waals surface area contributed by atoms with Crippen LogP contribution in [-0.4, -0.2) is 57.3 Å². The molecule has 2 bridgehead atoms. The number of hydrogen-bond acceptors (Lipinski definition) is 7. The van der Waals surface area contributed by atoms with E-state index in [1.165, 1.54) is 63.9 Å². The van der Waals surface area contributed by atoms with Gasteiger partial charge in [-0.05, 0) is 148 Å². The van der Waals surface area contributed by atoms with Crippen molar-refractivity contribution in [2.24, 2.45) is 44.8 Å². The Bertz CT molecular complexity index is 1700. The van der Waals surface area contributed by atoms with Gasteiger partial charge in [0.2, 0.25) is 0 Å². The molecular formula is C49H70O7. The minimum Gasteiger partial charge on any atom is -0.462 e. The molecule has 3 spiro atoms. The zero-order valence-corrected chi connectivity index (χ0v) is 34.8. The maximum absolute atomic E-state index is 14.0. The minimum absolute atomic E-state index is 0.199. The molecule has 1 aromatic carbocycles. The summed E-state index contributed by atoms with van der Waals surface area (Å²) in [6, 6.07) is 10.6. The van der Waals surface area contributed by atoms with Crippen LogP contribution in [0.2, 0.25) is 0 Å². The summed E-state index contributed by atoms with van der Waals surface area (Å²) in [7, 11) is 0. The molecule has 8 rings (SSSR count). The predicted octanol–water partition coefficient (Wildman–Crippen LogP) is 9.36. The molecule has 1 aliphatic heterocycles. The van der Waals surface area contributed by atoms with E-state index in [9.17, 15) is 24.9 Å². The lowest BCUT2D eigenvalue weighted by molar-refractivity contribution is -0.361. The normalized spacial score (nSPS) is 42.8. The summed E-state index contributed by atoms with van der Waals surface area (Å²) in [4.78, 5) is 25.4. The first-order valence-corrected chi connectivity index (χ1v) is 22.5. The number of cyclic esters (lactones) is 1. The highest BCUT2D eigenvalue weighted by atomic mass is 16.5. The zero-order chi connectivity index (χ0) is 39.6. The number of aryl methyl sites for hydroxylation is 1. The second kappa shape index (κ2) is 14.7. The van der Waals surface area contributed by atoms with E-state index in [2.05, 4.69) is 38.1 Å². The molecule has 0 radical (unpaired) electrons. The van der Waals surface area contributed by atoms with E-state index >= 15 is 0 Å². The minimum atomic E-state index is -1.56. The first-order chi connectivity index (χ1) is 26.6. The highest BCUT2D eigenvalue weighted by Gasteiger charge is 2.82. The van der Waals surface area contributed by atoms with E-state index in [0.29, 0.717) is 48.3 Å². The Morgan fingerprint density at radius 3 is 2.38 bits per heavy atom. The summed E-state index contributed by atoms with van der Waals surface area (Å²) in [6.07, 6.45) is 23.3. The molecule has 0 unspecified atom stereocenters. The summed E-state index contributed by atoms with van der Waals surface area (Å²) < 4.78 is 11.8. The van der Waals surface area contributed by atoms with Crippen LogP contribution in [-0.2, 0) is 25.5 Å². The van der Waals surface area contributed by atoms with Gasteiger partial charge >= 0.3 is 11.9 Å². The van der Waals surface area contributed by atoms with Crippen molar-refractivity contribution in [3.8, 4) is 0 Å². The van der Waals surface area contributed by atoms with Crippen LogP contribution >= 0.6 is 0 Å². The summed E-state index contributed by atoms with van der Waals surface area (Å²) in [6.45, 7) is 8.36. The Labute approximate surface area is 336 Å². The molecule has 7 aliphatic rings. The summed E-state index contributed by atoms with van der Waals surface area (Å²) in [5.74, 6) is -0.540. The molecule has 3 N–H and O–H groups in total. The molecule has 6 aliphatic carbocycles. The number of hydrogen-bond donors (Lipinski definition) is 3. The van der Waals surface area contributed by atoms with Crippen molar-refractivity contribution in [1.82, 2.24) is 0 Å². The van der Waals surface area contributed by atoms with Crippen molar-refractivity contribution in [3.05, 3.63) is 59.7 Å². The number of fused-ring (bicyclic) bond motifs is 1. The zero-order valence-electron chi connectivity index (χ0n) is 34.8. The van der Waals surface area contributed by atoms with Crippen molar-refractivity contribution in [1.29, 1.82) is 0 Å². The third-order valence-corrected chi connectivity index (χ3v) is 17.9. The maximum Gasteiger partial charge on any atom is 0.331 e. The van der Waals surface area contributed by atoms with E-state index < -0.39 is 45.6 Å². The molecule has 1 aromatic rings. The molecule has 5 fully saturated rings. The molecule has 308 valence electrons. The average molecular weight is 771 g/mol. The summed E-state index contributed by atoms with van der Waals surface area (Å²) >= 11 is 0. The Morgan fingerprint density at radius 2 is 1.66 bits per heavy atom. The number of rotatable bonds is 12. The fourth-order valence-electron chi connectivity index (χ4n) is 15.2. The van der Waals surface area contributed by atoms with Gasteiger partial charge in [-0.1, -0.05) is 82.5 Å². The third-order valence-electron chi connectivity index (χ3n) is 17.9. The average Bonchev–Trinajstić information content (AvgIpc) is 3.98. The lowest BCUT2D eigenvalue weighted by atomic mass is 9.31. The molecule has 7 heteroatoms. The Hall–Kier alpha value is -2.48. The number of ether oxygens (including phenoxy) is 2. The molecule has 0 amide bonds. The molecular weight excluding hydrogens is 701 g/mol. The molecule has 56 heavy (non-hydrogen) atoms. The fraction of sp³-hybridized carbons (Fsp3) is 0.755. The van der Waals surface area contributed by atoms with Crippen molar-refractivity contribution in [3.63, 3.8) is 0 Å². The smallest absolute Gasteiger partial charge is 0.331 e. The van der Waals surface area contributed by atoms with Gasteiger partial charge in [-0.15, -0.1) is 0 Å². The quantitative estimate of drug-likeness (QED) is 0.143. The predicted molar refractivity (Wildman–Crippen MR) is 217 cm³/mol.